The lowest BCUT2D eigenvalue weighted by atomic mass is 9.91. The van der Waals surface area contributed by atoms with Gasteiger partial charge in [-0.15, -0.1) is 0 Å². The number of rotatable bonds is 5. The summed E-state index contributed by atoms with van der Waals surface area (Å²) in [5.41, 5.74) is -0.295. The smallest absolute Gasteiger partial charge is 0.308 e. The molecule has 0 saturated carbocycles. The van der Waals surface area contributed by atoms with Crippen molar-refractivity contribution in [3.63, 3.8) is 0 Å². The van der Waals surface area contributed by atoms with E-state index in [1.807, 2.05) is 13.8 Å². The molecule has 1 heterocycles. The van der Waals surface area contributed by atoms with Gasteiger partial charge in [0.25, 0.3) is 0 Å². The summed E-state index contributed by atoms with van der Waals surface area (Å²) in [6.45, 7) is 6.98. The fourth-order valence-corrected chi connectivity index (χ4v) is 1.87. The zero-order chi connectivity index (χ0) is 13.6. The van der Waals surface area contributed by atoms with Crippen LogP contribution in [0.3, 0.4) is 0 Å². The van der Waals surface area contributed by atoms with Gasteiger partial charge in [0.15, 0.2) is 0 Å². The molecule has 0 aromatic heterocycles. The standard InChI is InChI=1S/C13H22N2O3/c1-13(2,10-14)4-5-15-6-7-18-11(9-15)8-12(16)17-3/h11H,4-9H2,1-3H3. The average Bonchev–Trinajstić information content (AvgIpc) is 2.37. The van der Waals surface area contributed by atoms with Gasteiger partial charge in [-0.3, -0.25) is 9.69 Å². The Balaban J connectivity index is 2.35. The quantitative estimate of drug-likeness (QED) is 0.690. The van der Waals surface area contributed by atoms with Crippen LogP contribution in [-0.2, 0) is 14.3 Å². The maximum atomic E-state index is 11.2. The van der Waals surface area contributed by atoms with Gasteiger partial charge in [-0.1, -0.05) is 0 Å². The Morgan fingerprint density at radius 3 is 2.94 bits per heavy atom. The minimum absolute atomic E-state index is 0.0867. The molecule has 1 unspecified atom stereocenters. The van der Waals surface area contributed by atoms with Gasteiger partial charge in [0.1, 0.15) is 0 Å². The summed E-state index contributed by atoms with van der Waals surface area (Å²) in [5.74, 6) is -0.237. The predicted octanol–water partition coefficient (Wildman–Crippen LogP) is 1.19. The third-order valence-electron chi connectivity index (χ3n) is 3.20. The van der Waals surface area contributed by atoms with Crippen LogP contribution in [0.4, 0.5) is 0 Å². The molecule has 0 aromatic carbocycles. The van der Waals surface area contributed by atoms with Crippen molar-refractivity contribution in [3.05, 3.63) is 0 Å². The Morgan fingerprint density at radius 2 is 2.33 bits per heavy atom. The number of nitriles is 1. The fourth-order valence-electron chi connectivity index (χ4n) is 1.87. The van der Waals surface area contributed by atoms with E-state index in [-0.39, 0.29) is 17.5 Å². The molecule has 0 N–H and O–H groups in total. The summed E-state index contributed by atoms with van der Waals surface area (Å²) >= 11 is 0. The Bertz CT molecular complexity index is 323. The highest BCUT2D eigenvalue weighted by molar-refractivity contribution is 5.69. The first-order valence-electron chi connectivity index (χ1n) is 6.29. The molecule has 5 heteroatoms. The second-order valence-corrected chi connectivity index (χ2v) is 5.32. The number of nitrogens with zero attached hydrogens (tertiary/aromatic N) is 2. The van der Waals surface area contributed by atoms with Gasteiger partial charge in [-0.2, -0.15) is 5.26 Å². The van der Waals surface area contributed by atoms with E-state index in [1.165, 1.54) is 7.11 Å². The van der Waals surface area contributed by atoms with E-state index in [0.717, 1.165) is 26.1 Å². The second-order valence-electron chi connectivity index (χ2n) is 5.32. The molecule has 1 aliphatic rings. The van der Waals surface area contributed by atoms with Gasteiger partial charge >= 0.3 is 5.97 Å². The number of hydrogen-bond acceptors (Lipinski definition) is 5. The van der Waals surface area contributed by atoms with E-state index in [4.69, 9.17) is 10.00 Å². The van der Waals surface area contributed by atoms with Crippen molar-refractivity contribution in [2.75, 3.05) is 33.4 Å². The van der Waals surface area contributed by atoms with Crippen LogP contribution < -0.4 is 0 Å². The third kappa shape index (κ3) is 5.03. The van der Waals surface area contributed by atoms with E-state index >= 15 is 0 Å². The molecule has 0 radical (unpaired) electrons. The van der Waals surface area contributed by atoms with Crippen LogP contribution in [0.1, 0.15) is 26.7 Å². The van der Waals surface area contributed by atoms with Crippen LogP contribution in [0.2, 0.25) is 0 Å². The molecule has 1 aliphatic heterocycles. The van der Waals surface area contributed by atoms with Crippen molar-refractivity contribution in [1.82, 2.24) is 4.90 Å². The maximum Gasteiger partial charge on any atom is 0.308 e. The van der Waals surface area contributed by atoms with Gasteiger partial charge < -0.3 is 9.47 Å². The van der Waals surface area contributed by atoms with E-state index in [2.05, 4.69) is 15.7 Å². The van der Waals surface area contributed by atoms with Crippen molar-refractivity contribution < 1.29 is 14.3 Å². The molecule has 0 bridgehead atoms. The van der Waals surface area contributed by atoms with Gasteiger partial charge in [0, 0.05) is 13.1 Å². The molecule has 1 saturated heterocycles. The summed E-state index contributed by atoms with van der Waals surface area (Å²) < 4.78 is 10.2. The minimum Gasteiger partial charge on any atom is -0.469 e. The van der Waals surface area contributed by atoms with Crippen LogP contribution in [0, 0.1) is 16.7 Å². The van der Waals surface area contributed by atoms with Gasteiger partial charge in [0.05, 0.1) is 37.7 Å². The summed E-state index contributed by atoms with van der Waals surface area (Å²) in [6, 6.07) is 2.30. The maximum absolute atomic E-state index is 11.2. The highest BCUT2D eigenvalue weighted by Gasteiger charge is 2.25. The van der Waals surface area contributed by atoms with Crippen molar-refractivity contribution in [3.8, 4) is 6.07 Å². The molecule has 5 nitrogen and oxygen atoms in total. The summed E-state index contributed by atoms with van der Waals surface area (Å²) in [6.07, 6.45) is 1.04. The number of methoxy groups -OCH3 is 1. The molecule has 0 aliphatic carbocycles. The number of morpholine rings is 1. The monoisotopic (exact) mass is 254 g/mol. The second kappa shape index (κ2) is 6.72. The molecule has 1 fully saturated rings. The van der Waals surface area contributed by atoms with Gasteiger partial charge in [-0.05, 0) is 26.8 Å². The highest BCUT2D eigenvalue weighted by Crippen LogP contribution is 2.20. The SMILES string of the molecule is COC(=O)CC1CN(CCC(C)(C)C#N)CCO1. The largest absolute Gasteiger partial charge is 0.469 e. The van der Waals surface area contributed by atoms with Crippen molar-refractivity contribution in [2.24, 2.45) is 5.41 Å². The number of hydrogen-bond donors (Lipinski definition) is 0. The van der Waals surface area contributed by atoms with Gasteiger partial charge in [-0.25, -0.2) is 0 Å². The lowest BCUT2D eigenvalue weighted by molar-refractivity contribution is -0.145. The summed E-state index contributed by atoms with van der Waals surface area (Å²) in [5, 5.41) is 8.97. The van der Waals surface area contributed by atoms with Crippen molar-refractivity contribution in [2.45, 2.75) is 32.8 Å². The fraction of sp³-hybridized carbons (Fsp3) is 0.846. The zero-order valence-corrected chi connectivity index (χ0v) is 11.4. The topological polar surface area (TPSA) is 62.6 Å². The van der Waals surface area contributed by atoms with E-state index in [9.17, 15) is 4.79 Å². The van der Waals surface area contributed by atoms with Crippen molar-refractivity contribution >= 4 is 5.97 Å². The Morgan fingerprint density at radius 1 is 1.61 bits per heavy atom. The zero-order valence-electron chi connectivity index (χ0n) is 11.4. The van der Waals surface area contributed by atoms with Gasteiger partial charge in [0.2, 0.25) is 0 Å². The lowest BCUT2D eigenvalue weighted by Crippen LogP contribution is -2.44. The molecule has 18 heavy (non-hydrogen) atoms. The van der Waals surface area contributed by atoms with Crippen LogP contribution >= 0.6 is 0 Å². The molecule has 0 aromatic rings. The Hall–Kier alpha value is -1.12. The van der Waals surface area contributed by atoms with Crippen molar-refractivity contribution in [1.29, 1.82) is 5.26 Å². The van der Waals surface area contributed by atoms with Crippen LogP contribution in [0.5, 0.6) is 0 Å². The van der Waals surface area contributed by atoms with Crippen LogP contribution in [0.25, 0.3) is 0 Å². The number of esters is 1. The molecule has 0 amide bonds. The molecule has 1 atom stereocenters. The van der Waals surface area contributed by atoms with E-state index in [0.29, 0.717) is 13.0 Å². The normalized spacial score (nSPS) is 21.3. The molecule has 102 valence electrons. The number of carbonyl (C=O) groups excluding carboxylic acids is 1. The summed E-state index contributed by atoms with van der Waals surface area (Å²) in [7, 11) is 1.39. The Kier molecular flexibility index (Phi) is 5.57. The molecule has 1 rings (SSSR count). The predicted molar refractivity (Wildman–Crippen MR) is 66.8 cm³/mol. The molecular formula is C13H22N2O3. The van der Waals surface area contributed by atoms with E-state index in [1.54, 1.807) is 0 Å². The molecule has 0 spiro atoms. The first kappa shape index (κ1) is 14.9. The summed E-state index contributed by atoms with van der Waals surface area (Å²) in [4.78, 5) is 13.4. The highest BCUT2D eigenvalue weighted by atomic mass is 16.5. The third-order valence-corrected chi connectivity index (χ3v) is 3.20. The Labute approximate surface area is 109 Å². The average molecular weight is 254 g/mol. The lowest BCUT2D eigenvalue weighted by Gasteiger charge is -2.33. The minimum atomic E-state index is -0.295. The van der Waals surface area contributed by atoms with Crippen LogP contribution in [-0.4, -0.2) is 50.3 Å². The first-order valence-corrected chi connectivity index (χ1v) is 6.29. The molecular weight excluding hydrogens is 232 g/mol. The van der Waals surface area contributed by atoms with Crippen LogP contribution in [0.15, 0.2) is 0 Å². The van der Waals surface area contributed by atoms with E-state index < -0.39 is 0 Å². The number of ether oxygens (including phenoxy) is 2. The number of carbonyl (C=O) groups is 1. The first-order chi connectivity index (χ1) is 8.46.